The summed E-state index contributed by atoms with van der Waals surface area (Å²) in [7, 11) is 0. The molecule has 0 radical (unpaired) electrons. The second kappa shape index (κ2) is 3.93. The van der Waals surface area contributed by atoms with Crippen molar-refractivity contribution in [2.75, 3.05) is 11.4 Å². The van der Waals surface area contributed by atoms with Crippen LogP contribution in [0.5, 0.6) is 0 Å². The average Bonchev–Trinajstić information content (AvgIpc) is 2.27. The van der Waals surface area contributed by atoms with E-state index in [1.54, 1.807) is 0 Å². The molecule has 0 spiro atoms. The van der Waals surface area contributed by atoms with Gasteiger partial charge in [0.1, 0.15) is 6.04 Å². The van der Waals surface area contributed by atoms with Gasteiger partial charge in [-0.1, -0.05) is 18.2 Å². The van der Waals surface area contributed by atoms with E-state index in [2.05, 4.69) is 6.07 Å². The number of fused-ring (bicyclic) bond motifs is 1. The highest BCUT2D eigenvalue weighted by Gasteiger charge is 2.29. The van der Waals surface area contributed by atoms with E-state index in [9.17, 15) is 4.79 Å². The molecule has 1 atom stereocenters. The van der Waals surface area contributed by atoms with Gasteiger partial charge in [0.2, 0.25) is 0 Å². The van der Waals surface area contributed by atoms with Crippen molar-refractivity contribution in [1.82, 2.24) is 0 Å². The van der Waals surface area contributed by atoms with Gasteiger partial charge >= 0.3 is 5.97 Å². The van der Waals surface area contributed by atoms with E-state index < -0.39 is 5.97 Å². The standard InChI is InChI=1S/C12H15NO2/c1-2-13-10-6-4-3-5-9(10)7-8-11(13)12(14)15/h3-6,11H,2,7-8H2,1H3,(H,14,15)/t11-/m0/s1. The van der Waals surface area contributed by atoms with Crippen LogP contribution >= 0.6 is 0 Å². The third-order valence-electron chi connectivity index (χ3n) is 2.99. The van der Waals surface area contributed by atoms with E-state index in [1.165, 1.54) is 5.56 Å². The zero-order valence-corrected chi connectivity index (χ0v) is 8.81. The molecular weight excluding hydrogens is 190 g/mol. The molecule has 80 valence electrons. The summed E-state index contributed by atoms with van der Waals surface area (Å²) in [5.74, 6) is -0.716. The van der Waals surface area contributed by atoms with E-state index in [1.807, 2.05) is 30.0 Å². The van der Waals surface area contributed by atoms with Crippen molar-refractivity contribution in [2.45, 2.75) is 25.8 Å². The number of carboxylic acids is 1. The van der Waals surface area contributed by atoms with Crippen LogP contribution in [0.4, 0.5) is 5.69 Å². The zero-order valence-electron chi connectivity index (χ0n) is 8.81. The predicted octanol–water partition coefficient (Wildman–Crippen LogP) is 1.91. The summed E-state index contributed by atoms with van der Waals surface area (Å²) in [5, 5.41) is 9.12. The van der Waals surface area contributed by atoms with Gasteiger partial charge in [0.25, 0.3) is 0 Å². The van der Waals surface area contributed by atoms with Crippen LogP contribution in [0.2, 0.25) is 0 Å². The maximum Gasteiger partial charge on any atom is 0.326 e. The van der Waals surface area contributed by atoms with Gasteiger partial charge in [-0.05, 0) is 31.4 Å². The number of nitrogens with zero attached hydrogens (tertiary/aromatic N) is 1. The number of anilines is 1. The average molecular weight is 205 g/mol. The van der Waals surface area contributed by atoms with E-state index in [-0.39, 0.29) is 6.04 Å². The lowest BCUT2D eigenvalue weighted by molar-refractivity contribution is -0.138. The summed E-state index contributed by atoms with van der Waals surface area (Å²) in [6.07, 6.45) is 1.57. The molecule has 0 aliphatic carbocycles. The third kappa shape index (κ3) is 1.69. The molecule has 0 unspecified atom stereocenters. The first-order chi connectivity index (χ1) is 7.24. The summed E-state index contributed by atoms with van der Waals surface area (Å²) in [5.41, 5.74) is 2.34. The van der Waals surface area contributed by atoms with Gasteiger partial charge in [-0.25, -0.2) is 4.79 Å². The highest BCUT2D eigenvalue weighted by Crippen LogP contribution is 2.30. The fourth-order valence-corrected chi connectivity index (χ4v) is 2.27. The molecule has 1 aliphatic rings. The Labute approximate surface area is 89.3 Å². The number of para-hydroxylation sites is 1. The van der Waals surface area contributed by atoms with Gasteiger partial charge < -0.3 is 10.0 Å². The first kappa shape index (κ1) is 10.0. The molecule has 1 aromatic carbocycles. The zero-order chi connectivity index (χ0) is 10.8. The monoisotopic (exact) mass is 205 g/mol. The molecular formula is C12H15NO2. The molecule has 0 amide bonds. The molecule has 0 saturated heterocycles. The highest BCUT2D eigenvalue weighted by molar-refractivity contribution is 5.79. The molecule has 0 saturated carbocycles. The Hall–Kier alpha value is -1.51. The Kier molecular flexibility index (Phi) is 2.62. The lowest BCUT2D eigenvalue weighted by atomic mass is 9.96. The summed E-state index contributed by atoms with van der Waals surface area (Å²) in [4.78, 5) is 13.1. The van der Waals surface area contributed by atoms with Crippen molar-refractivity contribution < 1.29 is 9.90 Å². The third-order valence-corrected chi connectivity index (χ3v) is 2.99. The van der Waals surface area contributed by atoms with Crippen LogP contribution in [-0.4, -0.2) is 23.7 Å². The first-order valence-electron chi connectivity index (χ1n) is 5.31. The van der Waals surface area contributed by atoms with Gasteiger partial charge in [0.05, 0.1) is 0 Å². The van der Waals surface area contributed by atoms with Crippen molar-refractivity contribution in [3.05, 3.63) is 29.8 Å². The van der Waals surface area contributed by atoms with E-state index in [4.69, 9.17) is 5.11 Å². The molecule has 3 heteroatoms. The van der Waals surface area contributed by atoms with Crippen LogP contribution in [0.3, 0.4) is 0 Å². The van der Waals surface area contributed by atoms with E-state index >= 15 is 0 Å². The van der Waals surface area contributed by atoms with E-state index in [0.717, 1.165) is 18.7 Å². The van der Waals surface area contributed by atoms with Crippen LogP contribution in [-0.2, 0) is 11.2 Å². The van der Waals surface area contributed by atoms with Gasteiger partial charge in [-0.3, -0.25) is 0 Å². The van der Waals surface area contributed by atoms with Crippen LogP contribution < -0.4 is 4.90 Å². The number of carbonyl (C=O) groups is 1. The van der Waals surface area contributed by atoms with Crippen molar-refractivity contribution in [2.24, 2.45) is 0 Å². The second-order valence-corrected chi connectivity index (χ2v) is 3.81. The molecule has 15 heavy (non-hydrogen) atoms. The maximum absolute atomic E-state index is 11.1. The second-order valence-electron chi connectivity index (χ2n) is 3.81. The number of carboxylic acid groups (broad SMARTS) is 1. The van der Waals surface area contributed by atoms with Crippen LogP contribution in [0.1, 0.15) is 18.9 Å². The van der Waals surface area contributed by atoms with Gasteiger partial charge in [-0.2, -0.15) is 0 Å². The van der Waals surface area contributed by atoms with Crippen LogP contribution in [0.25, 0.3) is 0 Å². The first-order valence-corrected chi connectivity index (χ1v) is 5.31. The quantitative estimate of drug-likeness (QED) is 0.801. The number of hydrogen-bond donors (Lipinski definition) is 1. The maximum atomic E-state index is 11.1. The SMILES string of the molecule is CCN1c2ccccc2CC[C@H]1C(=O)O. The predicted molar refractivity (Wildman–Crippen MR) is 59.2 cm³/mol. The normalized spacial score (nSPS) is 19.8. The van der Waals surface area contributed by atoms with Crippen molar-refractivity contribution >= 4 is 11.7 Å². The Morgan fingerprint density at radius 3 is 2.93 bits per heavy atom. The number of aliphatic carboxylic acids is 1. The molecule has 1 aliphatic heterocycles. The Bertz CT molecular complexity index is 376. The van der Waals surface area contributed by atoms with Crippen LogP contribution in [0.15, 0.2) is 24.3 Å². The van der Waals surface area contributed by atoms with Gasteiger partial charge in [-0.15, -0.1) is 0 Å². The number of hydrogen-bond acceptors (Lipinski definition) is 2. The van der Waals surface area contributed by atoms with Crippen molar-refractivity contribution in [3.8, 4) is 0 Å². The largest absolute Gasteiger partial charge is 0.480 e. The molecule has 1 heterocycles. The lowest BCUT2D eigenvalue weighted by Crippen LogP contribution is -2.44. The minimum atomic E-state index is -0.716. The highest BCUT2D eigenvalue weighted by atomic mass is 16.4. The molecule has 2 rings (SSSR count). The van der Waals surface area contributed by atoms with Crippen LogP contribution in [0, 0.1) is 0 Å². The summed E-state index contributed by atoms with van der Waals surface area (Å²) in [6.45, 7) is 2.74. The topological polar surface area (TPSA) is 40.5 Å². The van der Waals surface area contributed by atoms with Gasteiger partial charge in [0.15, 0.2) is 0 Å². The van der Waals surface area contributed by atoms with E-state index in [0.29, 0.717) is 6.42 Å². The summed E-state index contributed by atoms with van der Waals surface area (Å²) >= 11 is 0. The molecule has 1 aromatic rings. The molecule has 3 nitrogen and oxygen atoms in total. The number of aryl methyl sites for hydroxylation is 1. The lowest BCUT2D eigenvalue weighted by Gasteiger charge is -2.35. The number of benzene rings is 1. The number of likely N-dealkylation sites (N-methyl/N-ethyl adjacent to an activating group) is 1. The smallest absolute Gasteiger partial charge is 0.326 e. The minimum absolute atomic E-state index is 0.357. The summed E-state index contributed by atoms with van der Waals surface area (Å²) in [6, 6.07) is 7.70. The van der Waals surface area contributed by atoms with Gasteiger partial charge in [0, 0.05) is 12.2 Å². The number of rotatable bonds is 2. The van der Waals surface area contributed by atoms with Crippen molar-refractivity contribution in [3.63, 3.8) is 0 Å². The molecule has 0 aromatic heterocycles. The fourth-order valence-electron chi connectivity index (χ4n) is 2.27. The molecule has 0 bridgehead atoms. The Balaban J connectivity index is 2.38. The van der Waals surface area contributed by atoms with Crippen molar-refractivity contribution in [1.29, 1.82) is 0 Å². The molecule has 0 fully saturated rings. The minimum Gasteiger partial charge on any atom is -0.480 e. The Morgan fingerprint density at radius 2 is 2.27 bits per heavy atom. The molecule has 1 N–H and O–H groups in total. The fraction of sp³-hybridized carbons (Fsp3) is 0.417. The summed E-state index contributed by atoms with van der Waals surface area (Å²) < 4.78 is 0. The Morgan fingerprint density at radius 1 is 1.53 bits per heavy atom.